The molecule has 2 saturated heterocycles. The lowest BCUT2D eigenvalue weighted by molar-refractivity contribution is -0.244. The van der Waals surface area contributed by atoms with Gasteiger partial charge in [-0.2, -0.15) is 26.3 Å². The zero-order valence-electron chi connectivity index (χ0n) is 12.0. The number of halogens is 6. The van der Waals surface area contributed by atoms with Crippen LogP contribution in [-0.4, -0.2) is 73.2 Å². The summed E-state index contributed by atoms with van der Waals surface area (Å²) in [7, 11) is 0. The van der Waals surface area contributed by atoms with Gasteiger partial charge in [0.25, 0.3) is 0 Å². The van der Waals surface area contributed by atoms with Gasteiger partial charge in [-0.1, -0.05) is 0 Å². The van der Waals surface area contributed by atoms with E-state index in [-0.39, 0.29) is 45.2 Å². The van der Waals surface area contributed by atoms with E-state index in [0.717, 1.165) is 5.06 Å². The average Bonchev–Trinajstić information content (AvgIpc) is 2.34. The van der Waals surface area contributed by atoms with Crippen molar-refractivity contribution < 1.29 is 40.7 Å². The van der Waals surface area contributed by atoms with E-state index in [0.29, 0.717) is 0 Å². The van der Waals surface area contributed by atoms with Crippen molar-refractivity contribution in [1.29, 1.82) is 0 Å². The molecular formula is C12H16F6N2O3. The molecule has 23 heavy (non-hydrogen) atoms. The fourth-order valence-electron chi connectivity index (χ4n) is 2.61. The minimum Gasteiger partial charge on any atom is -0.378 e. The Morgan fingerprint density at radius 2 is 1.65 bits per heavy atom. The van der Waals surface area contributed by atoms with Gasteiger partial charge in [0.1, 0.15) is 0 Å². The molecular weight excluding hydrogens is 334 g/mol. The molecule has 0 spiro atoms. The molecule has 0 saturated carbocycles. The SMILES string of the molecule is O=C(ON1CCC(N(CC(F)(F)F)C2COC2)CC1)C(F)(F)F. The monoisotopic (exact) mass is 350 g/mol. The summed E-state index contributed by atoms with van der Waals surface area (Å²) in [5.41, 5.74) is 0. The maximum Gasteiger partial charge on any atom is 0.492 e. The molecule has 2 heterocycles. The Bertz CT molecular complexity index is 416. The van der Waals surface area contributed by atoms with Gasteiger partial charge < -0.3 is 9.57 Å². The van der Waals surface area contributed by atoms with Gasteiger partial charge in [0.2, 0.25) is 0 Å². The van der Waals surface area contributed by atoms with Crippen LogP contribution in [0.15, 0.2) is 0 Å². The maximum atomic E-state index is 12.7. The van der Waals surface area contributed by atoms with E-state index in [9.17, 15) is 31.1 Å². The lowest BCUT2D eigenvalue weighted by Crippen LogP contribution is -2.58. The van der Waals surface area contributed by atoms with Crippen LogP contribution in [0, 0.1) is 0 Å². The van der Waals surface area contributed by atoms with Crippen LogP contribution in [0.25, 0.3) is 0 Å². The minimum atomic E-state index is -5.09. The largest absolute Gasteiger partial charge is 0.492 e. The normalized spacial score (nSPS) is 22.2. The summed E-state index contributed by atoms with van der Waals surface area (Å²) in [6, 6.07) is -0.780. The van der Waals surface area contributed by atoms with Crippen LogP contribution >= 0.6 is 0 Å². The summed E-state index contributed by atoms with van der Waals surface area (Å²) in [6.07, 6.45) is -9.10. The molecule has 2 aliphatic rings. The molecule has 11 heteroatoms. The second-order valence-corrected chi connectivity index (χ2v) is 5.52. The summed E-state index contributed by atoms with van der Waals surface area (Å²) in [4.78, 5) is 16.2. The minimum absolute atomic E-state index is 0.0472. The Labute approximate surface area is 128 Å². The Kier molecular flexibility index (Phi) is 5.41. The van der Waals surface area contributed by atoms with E-state index in [1.807, 2.05) is 0 Å². The number of nitrogens with zero attached hydrogens (tertiary/aromatic N) is 2. The van der Waals surface area contributed by atoms with Crippen molar-refractivity contribution in [3.8, 4) is 0 Å². The molecule has 0 aromatic carbocycles. The van der Waals surface area contributed by atoms with E-state index < -0.39 is 30.9 Å². The van der Waals surface area contributed by atoms with Crippen molar-refractivity contribution in [2.75, 3.05) is 32.8 Å². The van der Waals surface area contributed by atoms with Gasteiger partial charge in [0.05, 0.1) is 25.8 Å². The summed E-state index contributed by atoms with van der Waals surface area (Å²) in [6.45, 7) is -0.768. The number of alkyl halides is 6. The highest BCUT2D eigenvalue weighted by Gasteiger charge is 2.44. The van der Waals surface area contributed by atoms with Crippen LogP contribution in [0.2, 0.25) is 0 Å². The number of carbonyl (C=O) groups is 1. The quantitative estimate of drug-likeness (QED) is 0.723. The van der Waals surface area contributed by atoms with E-state index in [2.05, 4.69) is 4.84 Å². The molecule has 0 N–H and O–H groups in total. The van der Waals surface area contributed by atoms with Crippen molar-refractivity contribution in [3.63, 3.8) is 0 Å². The fraction of sp³-hybridized carbons (Fsp3) is 0.917. The van der Waals surface area contributed by atoms with Gasteiger partial charge in [-0.05, 0) is 12.8 Å². The number of rotatable bonds is 4. The molecule has 0 aliphatic carbocycles. The van der Waals surface area contributed by atoms with E-state index in [1.54, 1.807) is 0 Å². The number of carbonyl (C=O) groups excluding carboxylic acids is 1. The third-order valence-corrected chi connectivity index (χ3v) is 3.79. The molecule has 2 aliphatic heterocycles. The zero-order chi connectivity index (χ0) is 17.3. The fourth-order valence-corrected chi connectivity index (χ4v) is 2.61. The highest BCUT2D eigenvalue weighted by molar-refractivity contribution is 5.75. The highest BCUT2D eigenvalue weighted by Crippen LogP contribution is 2.28. The number of hydroxylamine groups is 2. The Morgan fingerprint density at radius 1 is 1.09 bits per heavy atom. The second-order valence-electron chi connectivity index (χ2n) is 5.52. The van der Waals surface area contributed by atoms with Crippen LogP contribution in [0.5, 0.6) is 0 Å². The predicted molar refractivity (Wildman–Crippen MR) is 64.1 cm³/mol. The van der Waals surface area contributed by atoms with Gasteiger partial charge in [-0.25, -0.2) is 4.79 Å². The molecule has 2 rings (SSSR count). The van der Waals surface area contributed by atoms with Gasteiger partial charge >= 0.3 is 18.3 Å². The molecule has 0 aromatic rings. The topological polar surface area (TPSA) is 42.0 Å². The standard InChI is InChI=1S/C12H16F6N2O3/c13-11(14,15)7-20(9-5-22-6-9)8-1-3-19(4-2-8)23-10(21)12(16,17)18/h8-9H,1-7H2. The predicted octanol–water partition coefficient (Wildman–Crippen LogP) is 1.73. The molecule has 0 atom stereocenters. The lowest BCUT2D eigenvalue weighted by Gasteiger charge is -2.44. The molecule has 5 nitrogen and oxygen atoms in total. The summed E-state index contributed by atoms with van der Waals surface area (Å²) in [5, 5.41) is 0.843. The van der Waals surface area contributed by atoms with Crippen LogP contribution in [0.3, 0.4) is 0 Å². The number of hydrogen-bond donors (Lipinski definition) is 0. The van der Waals surface area contributed by atoms with Crippen LogP contribution < -0.4 is 0 Å². The summed E-state index contributed by atoms with van der Waals surface area (Å²) >= 11 is 0. The average molecular weight is 350 g/mol. The van der Waals surface area contributed by atoms with E-state index in [1.165, 1.54) is 4.90 Å². The second kappa shape index (κ2) is 6.81. The molecule has 0 aromatic heterocycles. The van der Waals surface area contributed by atoms with Gasteiger partial charge in [0, 0.05) is 19.1 Å². The third-order valence-electron chi connectivity index (χ3n) is 3.79. The van der Waals surface area contributed by atoms with Crippen LogP contribution in [-0.2, 0) is 14.4 Å². The van der Waals surface area contributed by atoms with Crippen LogP contribution in [0.4, 0.5) is 26.3 Å². The van der Waals surface area contributed by atoms with Crippen molar-refractivity contribution in [2.45, 2.75) is 37.3 Å². The van der Waals surface area contributed by atoms with Crippen molar-refractivity contribution >= 4 is 5.97 Å². The maximum absolute atomic E-state index is 12.7. The van der Waals surface area contributed by atoms with E-state index >= 15 is 0 Å². The first kappa shape index (κ1) is 18.3. The first-order chi connectivity index (χ1) is 10.6. The smallest absolute Gasteiger partial charge is 0.378 e. The van der Waals surface area contributed by atoms with Crippen molar-refractivity contribution in [1.82, 2.24) is 9.96 Å². The van der Waals surface area contributed by atoms with Gasteiger partial charge in [-0.3, -0.25) is 4.90 Å². The Hall–Kier alpha value is -1.07. The third kappa shape index (κ3) is 5.21. The Balaban J connectivity index is 1.87. The number of piperidine rings is 1. The zero-order valence-corrected chi connectivity index (χ0v) is 12.0. The Morgan fingerprint density at radius 3 is 2.04 bits per heavy atom. The molecule has 134 valence electrons. The summed E-state index contributed by atoms with van der Waals surface area (Å²) in [5.74, 6) is -2.32. The molecule has 2 fully saturated rings. The molecule has 0 bridgehead atoms. The number of ether oxygens (including phenoxy) is 1. The molecule has 0 amide bonds. The molecule has 0 radical (unpaired) electrons. The van der Waals surface area contributed by atoms with Gasteiger partial charge in [-0.15, -0.1) is 5.06 Å². The first-order valence-electron chi connectivity index (χ1n) is 7.00. The first-order valence-corrected chi connectivity index (χ1v) is 7.00. The lowest BCUT2D eigenvalue weighted by atomic mass is 10.0. The summed E-state index contributed by atoms with van der Waals surface area (Å²) < 4.78 is 79.3. The highest BCUT2D eigenvalue weighted by atomic mass is 19.4. The number of hydrogen-bond acceptors (Lipinski definition) is 5. The van der Waals surface area contributed by atoms with Gasteiger partial charge in [0.15, 0.2) is 0 Å². The van der Waals surface area contributed by atoms with Crippen molar-refractivity contribution in [2.24, 2.45) is 0 Å². The van der Waals surface area contributed by atoms with Crippen molar-refractivity contribution in [3.05, 3.63) is 0 Å². The molecule has 0 unspecified atom stereocenters. The van der Waals surface area contributed by atoms with Crippen LogP contribution in [0.1, 0.15) is 12.8 Å². The van der Waals surface area contributed by atoms with E-state index in [4.69, 9.17) is 4.74 Å².